The van der Waals surface area contributed by atoms with Gasteiger partial charge >= 0.3 is 0 Å². The Bertz CT molecular complexity index is 947. The number of hydrogen-bond donors (Lipinski definition) is 2. The zero-order valence-corrected chi connectivity index (χ0v) is 14.0. The van der Waals surface area contributed by atoms with Gasteiger partial charge in [-0.15, -0.1) is 0 Å². The highest BCUT2D eigenvalue weighted by Crippen LogP contribution is 2.39. The molecule has 2 N–H and O–H groups in total. The van der Waals surface area contributed by atoms with Crippen LogP contribution in [-0.4, -0.2) is 31.4 Å². The van der Waals surface area contributed by atoms with E-state index in [9.17, 15) is 4.79 Å². The normalized spacial score (nSPS) is 15.1. The fourth-order valence-electron chi connectivity index (χ4n) is 2.61. The van der Waals surface area contributed by atoms with Gasteiger partial charge in [-0.2, -0.15) is 0 Å². The summed E-state index contributed by atoms with van der Waals surface area (Å²) in [7, 11) is 0. The quantitative estimate of drug-likeness (QED) is 0.734. The number of rotatable bonds is 5. The van der Waals surface area contributed by atoms with Crippen molar-refractivity contribution in [2.24, 2.45) is 0 Å². The SMILES string of the molecule is Cc1nccc(CNC(=O)c2coc3ncnc(NC4(C)CC4)c23)n1. The second-order valence-electron chi connectivity index (χ2n) is 6.52. The summed E-state index contributed by atoms with van der Waals surface area (Å²) in [6.07, 6.45) is 6.67. The second-order valence-corrected chi connectivity index (χ2v) is 6.52. The molecular formula is C17H18N6O2. The van der Waals surface area contributed by atoms with Crippen molar-refractivity contribution < 1.29 is 9.21 Å². The summed E-state index contributed by atoms with van der Waals surface area (Å²) in [5, 5.41) is 6.84. The number of amides is 1. The van der Waals surface area contributed by atoms with Crippen LogP contribution in [0.5, 0.6) is 0 Å². The third-order valence-electron chi connectivity index (χ3n) is 4.30. The lowest BCUT2D eigenvalue weighted by Gasteiger charge is -2.13. The zero-order chi connectivity index (χ0) is 17.4. The van der Waals surface area contributed by atoms with Gasteiger partial charge in [0.2, 0.25) is 5.71 Å². The molecule has 0 aliphatic heterocycles. The van der Waals surface area contributed by atoms with Gasteiger partial charge in [-0.3, -0.25) is 4.79 Å². The molecule has 25 heavy (non-hydrogen) atoms. The third kappa shape index (κ3) is 3.15. The Morgan fingerprint density at radius 3 is 2.92 bits per heavy atom. The summed E-state index contributed by atoms with van der Waals surface area (Å²) in [6, 6.07) is 1.77. The highest BCUT2D eigenvalue weighted by molar-refractivity contribution is 6.08. The Morgan fingerprint density at radius 2 is 2.16 bits per heavy atom. The molecule has 0 spiro atoms. The monoisotopic (exact) mass is 338 g/mol. The Hall–Kier alpha value is -3.03. The molecule has 3 aromatic heterocycles. The molecule has 0 aromatic carbocycles. The molecular weight excluding hydrogens is 320 g/mol. The number of nitrogens with one attached hydrogen (secondary N) is 2. The number of aryl methyl sites for hydroxylation is 1. The third-order valence-corrected chi connectivity index (χ3v) is 4.30. The van der Waals surface area contributed by atoms with E-state index in [-0.39, 0.29) is 11.4 Å². The van der Waals surface area contributed by atoms with Crippen molar-refractivity contribution in [3.63, 3.8) is 0 Å². The molecule has 8 nitrogen and oxygen atoms in total. The minimum atomic E-state index is -0.256. The van der Waals surface area contributed by atoms with Gasteiger partial charge in [0.05, 0.1) is 23.2 Å². The summed E-state index contributed by atoms with van der Waals surface area (Å²) in [4.78, 5) is 29.3. The van der Waals surface area contributed by atoms with Crippen molar-refractivity contribution in [3.05, 3.63) is 41.9 Å². The number of fused-ring (bicyclic) bond motifs is 1. The summed E-state index contributed by atoms with van der Waals surface area (Å²) in [6.45, 7) is 4.24. The average Bonchev–Trinajstić information content (AvgIpc) is 3.15. The van der Waals surface area contributed by atoms with Crippen LogP contribution in [0, 0.1) is 6.92 Å². The number of carbonyl (C=O) groups is 1. The maximum absolute atomic E-state index is 12.6. The first-order chi connectivity index (χ1) is 12.0. The maximum Gasteiger partial charge on any atom is 0.255 e. The smallest absolute Gasteiger partial charge is 0.255 e. The predicted molar refractivity (Wildman–Crippen MR) is 91.0 cm³/mol. The Morgan fingerprint density at radius 1 is 1.32 bits per heavy atom. The molecule has 0 saturated heterocycles. The van der Waals surface area contributed by atoms with Crippen LogP contribution in [0.25, 0.3) is 11.1 Å². The van der Waals surface area contributed by atoms with E-state index in [2.05, 4.69) is 37.5 Å². The highest BCUT2D eigenvalue weighted by atomic mass is 16.3. The zero-order valence-electron chi connectivity index (χ0n) is 14.0. The van der Waals surface area contributed by atoms with Crippen LogP contribution < -0.4 is 10.6 Å². The first kappa shape index (κ1) is 15.5. The number of aromatic nitrogens is 4. The Labute approximate surface area is 144 Å². The van der Waals surface area contributed by atoms with Crippen LogP contribution in [0.15, 0.2) is 29.3 Å². The molecule has 0 radical (unpaired) electrons. The molecule has 1 fully saturated rings. The molecule has 4 rings (SSSR count). The Kier molecular flexibility index (Phi) is 3.60. The van der Waals surface area contributed by atoms with E-state index in [0.29, 0.717) is 34.9 Å². The topological polar surface area (TPSA) is 106 Å². The van der Waals surface area contributed by atoms with Gasteiger partial charge in [-0.05, 0) is 32.8 Å². The summed E-state index contributed by atoms with van der Waals surface area (Å²) < 4.78 is 5.44. The maximum atomic E-state index is 12.6. The van der Waals surface area contributed by atoms with Crippen LogP contribution in [0.2, 0.25) is 0 Å². The second kappa shape index (κ2) is 5.80. The van der Waals surface area contributed by atoms with E-state index in [1.54, 1.807) is 12.3 Å². The van der Waals surface area contributed by atoms with Crippen LogP contribution in [-0.2, 0) is 6.54 Å². The molecule has 0 unspecified atom stereocenters. The summed E-state index contributed by atoms with van der Waals surface area (Å²) in [5.74, 6) is 1.04. The molecule has 0 atom stereocenters. The van der Waals surface area contributed by atoms with Crippen molar-refractivity contribution in [1.82, 2.24) is 25.3 Å². The van der Waals surface area contributed by atoms with Crippen LogP contribution >= 0.6 is 0 Å². The van der Waals surface area contributed by atoms with Gasteiger partial charge in [0.25, 0.3) is 5.91 Å². The molecule has 1 aliphatic rings. The Balaban J connectivity index is 1.58. The first-order valence-electron chi connectivity index (χ1n) is 8.11. The van der Waals surface area contributed by atoms with E-state index in [1.165, 1.54) is 12.6 Å². The lowest BCUT2D eigenvalue weighted by molar-refractivity contribution is 0.0951. The predicted octanol–water partition coefficient (Wildman–Crippen LogP) is 2.22. The van der Waals surface area contributed by atoms with Gasteiger partial charge in [-0.1, -0.05) is 0 Å². The molecule has 1 saturated carbocycles. The van der Waals surface area contributed by atoms with Crippen LogP contribution in [0.4, 0.5) is 5.82 Å². The van der Waals surface area contributed by atoms with Gasteiger partial charge in [0, 0.05) is 11.7 Å². The van der Waals surface area contributed by atoms with E-state index in [4.69, 9.17) is 4.42 Å². The molecule has 8 heteroatoms. The largest absolute Gasteiger partial charge is 0.445 e. The molecule has 0 bridgehead atoms. The summed E-state index contributed by atoms with van der Waals surface area (Å²) in [5.41, 5.74) is 1.58. The van der Waals surface area contributed by atoms with Crippen molar-refractivity contribution >= 4 is 22.8 Å². The van der Waals surface area contributed by atoms with E-state index in [1.807, 2.05) is 6.92 Å². The fourth-order valence-corrected chi connectivity index (χ4v) is 2.61. The van der Waals surface area contributed by atoms with Gasteiger partial charge < -0.3 is 15.1 Å². The standard InChI is InChI=1S/C17H18N6O2/c1-10-18-6-3-11(22-10)7-19-15(24)12-8-25-16-13(12)14(20-9-21-16)23-17(2)4-5-17/h3,6,8-9H,4-5,7H2,1-2H3,(H,19,24)(H,20,21,23). The number of hydrogen-bond acceptors (Lipinski definition) is 7. The average molecular weight is 338 g/mol. The number of nitrogens with zero attached hydrogens (tertiary/aromatic N) is 4. The highest BCUT2D eigenvalue weighted by Gasteiger charge is 2.38. The van der Waals surface area contributed by atoms with Gasteiger partial charge in [0.15, 0.2) is 0 Å². The van der Waals surface area contributed by atoms with Crippen molar-refractivity contribution in [2.45, 2.75) is 38.8 Å². The lowest BCUT2D eigenvalue weighted by Crippen LogP contribution is -2.24. The summed E-state index contributed by atoms with van der Waals surface area (Å²) >= 11 is 0. The van der Waals surface area contributed by atoms with Crippen molar-refractivity contribution in [2.75, 3.05) is 5.32 Å². The number of furan rings is 1. The number of carbonyl (C=O) groups excluding carboxylic acids is 1. The van der Waals surface area contributed by atoms with Crippen molar-refractivity contribution in [1.29, 1.82) is 0 Å². The first-order valence-corrected chi connectivity index (χ1v) is 8.11. The lowest BCUT2D eigenvalue weighted by atomic mass is 10.2. The fraction of sp³-hybridized carbons (Fsp3) is 0.353. The molecule has 3 aromatic rings. The number of anilines is 1. The van der Waals surface area contributed by atoms with Gasteiger partial charge in [-0.25, -0.2) is 19.9 Å². The molecule has 1 aliphatic carbocycles. The molecule has 128 valence electrons. The van der Waals surface area contributed by atoms with Crippen molar-refractivity contribution in [3.8, 4) is 0 Å². The van der Waals surface area contributed by atoms with E-state index >= 15 is 0 Å². The van der Waals surface area contributed by atoms with E-state index in [0.717, 1.165) is 18.5 Å². The van der Waals surface area contributed by atoms with Gasteiger partial charge in [0.1, 0.15) is 24.2 Å². The van der Waals surface area contributed by atoms with Crippen LogP contribution in [0.1, 0.15) is 41.6 Å². The molecule has 1 amide bonds. The minimum Gasteiger partial charge on any atom is -0.445 e. The van der Waals surface area contributed by atoms with E-state index < -0.39 is 0 Å². The van der Waals surface area contributed by atoms with Crippen LogP contribution in [0.3, 0.4) is 0 Å². The molecule has 3 heterocycles. The minimum absolute atomic E-state index is 0.0325.